The third kappa shape index (κ3) is 2.25. The number of hydrogen-bond acceptors (Lipinski definition) is 2. The quantitative estimate of drug-likeness (QED) is 0.695. The van der Waals surface area contributed by atoms with E-state index in [2.05, 4.69) is 0 Å². The zero-order valence-corrected chi connectivity index (χ0v) is 12.7. The molecular weight excluding hydrogens is 274 g/mol. The molecule has 3 aromatic rings. The summed E-state index contributed by atoms with van der Waals surface area (Å²) in [5, 5.41) is 1.59. The summed E-state index contributed by atoms with van der Waals surface area (Å²) >= 11 is 0. The fraction of sp³-hybridized carbons (Fsp3) is 0.158. The van der Waals surface area contributed by atoms with Gasteiger partial charge in [-0.1, -0.05) is 48.0 Å². The molecule has 0 radical (unpaired) electrons. The van der Waals surface area contributed by atoms with E-state index in [9.17, 15) is 9.59 Å². The van der Waals surface area contributed by atoms with Crippen LogP contribution in [0, 0.1) is 6.92 Å². The van der Waals surface area contributed by atoms with E-state index in [-0.39, 0.29) is 12.0 Å². The van der Waals surface area contributed by atoms with Crippen molar-refractivity contribution in [1.29, 1.82) is 0 Å². The molecule has 0 amide bonds. The summed E-state index contributed by atoms with van der Waals surface area (Å²) in [4.78, 5) is 23.7. The Hall–Kier alpha value is -2.68. The van der Waals surface area contributed by atoms with E-state index in [1.807, 2.05) is 55.5 Å². The van der Waals surface area contributed by atoms with Crippen LogP contribution >= 0.6 is 0 Å². The number of aryl methyl sites for hydroxylation is 1. The van der Waals surface area contributed by atoms with Gasteiger partial charge in [0, 0.05) is 30.1 Å². The molecule has 0 spiro atoms. The van der Waals surface area contributed by atoms with Gasteiger partial charge in [-0.15, -0.1) is 0 Å². The summed E-state index contributed by atoms with van der Waals surface area (Å²) in [6, 6.07) is 15.7. The molecule has 0 aliphatic rings. The van der Waals surface area contributed by atoms with Crippen LogP contribution in [0.2, 0.25) is 0 Å². The van der Waals surface area contributed by atoms with Gasteiger partial charge in [-0.25, -0.2) is 0 Å². The van der Waals surface area contributed by atoms with Crippen LogP contribution in [0.5, 0.6) is 0 Å². The molecule has 110 valence electrons. The van der Waals surface area contributed by atoms with Gasteiger partial charge >= 0.3 is 0 Å². The molecule has 0 saturated heterocycles. The topological polar surface area (TPSA) is 39.1 Å². The van der Waals surface area contributed by atoms with E-state index >= 15 is 0 Å². The van der Waals surface area contributed by atoms with Gasteiger partial charge in [0.2, 0.25) is 0 Å². The average molecular weight is 291 g/mol. The molecule has 0 bridgehead atoms. The zero-order valence-electron chi connectivity index (χ0n) is 12.7. The number of carbonyl (C=O) groups excluding carboxylic acids is 1. The van der Waals surface area contributed by atoms with Crippen LogP contribution in [0.1, 0.15) is 11.3 Å². The van der Waals surface area contributed by atoms with Gasteiger partial charge in [-0.05, 0) is 23.9 Å². The van der Waals surface area contributed by atoms with Crippen LogP contribution in [0.25, 0.3) is 21.9 Å². The smallest absolute Gasteiger partial charge is 0.258 e. The van der Waals surface area contributed by atoms with Crippen molar-refractivity contribution in [3.8, 4) is 11.1 Å². The van der Waals surface area contributed by atoms with Crippen molar-refractivity contribution in [2.24, 2.45) is 7.05 Å². The van der Waals surface area contributed by atoms with Crippen LogP contribution in [0.3, 0.4) is 0 Å². The molecule has 0 N–H and O–H groups in total. The molecule has 0 unspecified atom stereocenters. The Kier molecular flexibility index (Phi) is 3.63. The SMILES string of the molecule is Cc1ccc2c(=O)n(C)c(CC=O)c(-c3ccccc3)c2c1. The summed E-state index contributed by atoms with van der Waals surface area (Å²) in [5.74, 6) is 0. The lowest BCUT2D eigenvalue weighted by atomic mass is 9.95. The number of hydrogen-bond donors (Lipinski definition) is 0. The molecule has 0 aliphatic carbocycles. The van der Waals surface area contributed by atoms with Crippen LogP contribution in [-0.2, 0) is 18.3 Å². The number of nitrogens with zero attached hydrogens (tertiary/aromatic N) is 1. The molecule has 0 aliphatic heterocycles. The van der Waals surface area contributed by atoms with Gasteiger partial charge in [0.15, 0.2) is 0 Å². The van der Waals surface area contributed by atoms with Gasteiger partial charge in [0.25, 0.3) is 5.56 Å². The second kappa shape index (κ2) is 5.60. The maximum absolute atomic E-state index is 12.6. The minimum Gasteiger partial charge on any atom is -0.314 e. The van der Waals surface area contributed by atoms with Crippen LogP contribution in [0.15, 0.2) is 53.3 Å². The highest BCUT2D eigenvalue weighted by atomic mass is 16.1. The van der Waals surface area contributed by atoms with Crippen molar-refractivity contribution in [2.45, 2.75) is 13.3 Å². The summed E-state index contributed by atoms with van der Waals surface area (Å²) in [5.41, 5.74) is 3.77. The third-order valence-corrected chi connectivity index (χ3v) is 4.01. The van der Waals surface area contributed by atoms with Crippen molar-refractivity contribution >= 4 is 17.1 Å². The van der Waals surface area contributed by atoms with E-state index in [4.69, 9.17) is 0 Å². The summed E-state index contributed by atoms with van der Waals surface area (Å²) < 4.78 is 1.59. The Morgan fingerprint density at radius 2 is 1.77 bits per heavy atom. The highest BCUT2D eigenvalue weighted by Gasteiger charge is 2.15. The molecule has 2 aromatic carbocycles. The number of rotatable bonds is 3. The summed E-state index contributed by atoms with van der Waals surface area (Å²) in [6.07, 6.45) is 1.07. The second-order valence-electron chi connectivity index (χ2n) is 5.47. The van der Waals surface area contributed by atoms with Gasteiger partial charge < -0.3 is 9.36 Å². The normalized spacial score (nSPS) is 10.8. The van der Waals surface area contributed by atoms with Gasteiger partial charge in [0.05, 0.1) is 0 Å². The monoisotopic (exact) mass is 291 g/mol. The van der Waals surface area contributed by atoms with Crippen molar-refractivity contribution in [1.82, 2.24) is 4.57 Å². The fourth-order valence-corrected chi connectivity index (χ4v) is 2.92. The van der Waals surface area contributed by atoms with Gasteiger partial charge in [-0.2, -0.15) is 0 Å². The molecule has 0 saturated carbocycles. The van der Waals surface area contributed by atoms with E-state index in [0.717, 1.165) is 34.1 Å². The molecule has 1 heterocycles. The average Bonchev–Trinajstić information content (AvgIpc) is 2.53. The lowest BCUT2D eigenvalue weighted by molar-refractivity contribution is -0.107. The van der Waals surface area contributed by atoms with Crippen molar-refractivity contribution < 1.29 is 4.79 Å². The molecule has 22 heavy (non-hydrogen) atoms. The highest BCUT2D eigenvalue weighted by Crippen LogP contribution is 2.31. The minimum atomic E-state index is -0.0634. The number of aldehydes is 1. The summed E-state index contributed by atoms with van der Waals surface area (Å²) in [7, 11) is 1.73. The summed E-state index contributed by atoms with van der Waals surface area (Å²) in [6.45, 7) is 2.01. The van der Waals surface area contributed by atoms with Gasteiger partial charge in [-0.3, -0.25) is 4.79 Å². The molecular formula is C19H17NO2. The second-order valence-corrected chi connectivity index (χ2v) is 5.47. The number of fused-ring (bicyclic) bond motifs is 1. The zero-order chi connectivity index (χ0) is 15.7. The predicted molar refractivity (Wildman–Crippen MR) is 89.1 cm³/mol. The Bertz CT molecular complexity index is 908. The third-order valence-electron chi connectivity index (χ3n) is 4.01. The molecule has 3 nitrogen and oxygen atoms in total. The number of aromatic nitrogens is 1. The van der Waals surface area contributed by atoms with E-state index in [0.29, 0.717) is 5.39 Å². The van der Waals surface area contributed by atoms with Crippen LogP contribution < -0.4 is 5.56 Å². The molecule has 3 rings (SSSR count). The Morgan fingerprint density at radius 1 is 1.05 bits per heavy atom. The first-order valence-corrected chi connectivity index (χ1v) is 7.24. The lowest BCUT2D eigenvalue weighted by Gasteiger charge is -2.16. The Labute approximate surface area is 128 Å². The number of pyridine rings is 1. The van der Waals surface area contributed by atoms with Crippen LogP contribution in [-0.4, -0.2) is 10.9 Å². The first kappa shape index (κ1) is 14.3. The first-order valence-electron chi connectivity index (χ1n) is 7.24. The van der Waals surface area contributed by atoms with E-state index < -0.39 is 0 Å². The Balaban J connectivity index is 2.53. The molecule has 0 fully saturated rings. The van der Waals surface area contributed by atoms with Crippen molar-refractivity contribution in [3.63, 3.8) is 0 Å². The van der Waals surface area contributed by atoms with E-state index in [1.54, 1.807) is 11.6 Å². The molecule has 1 aromatic heterocycles. The lowest BCUT2D eigenvalue weighted by Crippen LogP contribution is -2.22. The number of carbonyl (C=O) groups is 1. The van der Waals surface area contributed by atoms with E-state index in [1.165, 1.54) is 0 Å². The standard InChI is InChI=1S/C19H17NO2/c1-13-8-9-15-16(12-13)18(14-6-4-3-5-7-14)17(10-11-21)20(2)19(15)22/h3-9,11-12H,10H2,1-2H3. The highest BCUT2D eigenvalue weighted by molar-refractivity contribution is 5.98. The minimum absolute atomic E-state index is 0.0634. The van der Waals surface area contributed by atoms with Crippen molar-refractivity contribution in [2.75, 3.05) is 0 Å². The van der Waals surface area contributed by atoms with Crippen LogP contribution in [0.4, 0.5) is 0 Å². The molecule has 0 atom stereocenters. The Morgan fingerprint density at radius 3 is 2.45 bits per heavy atom. The maximum Gasteiger partial charge on any atom is 0.258 e. The maximum atomic E-state index is 12.6. The fourth-order valence-electron chi connectivity index (χ4n) is 2.92. The van der Waals surface area contributed by atoms with Crippen molar-refractivity contribution in [3.05, 3.63) is 70.1 Å². The number of benzene rings is 2. The van der Waals surface area contributed by atoms with Gasteiger partial charge in [0.1, 0.15) is 6.29 Å². The predicted octanol–water partition coefficient (Wildman–Crippen LogP) is 3.26. The largest absolute Gasteiger partial charge is 0.314 e. The first-order chi connectivity index (χ1) is 10.6. The molecule has 3 heteroatoms.